The standard InChI is InChI=1S/C73H142O17P2/c1-9-65(7)51-43-35-26-19-15-13-11-12-14-16-21-28-37-45-53-70(75)83-59-68(90-73(78)56-48-40-30-24-23-25-33-41-49-63(3)4)61-87-91(79,80)85-57-67(74)58-86-92(81,82)88-62-69(60-84-71(76)54-46-38-32-31-34-42-50-64(5)6)89-72(77)55-47-39-29-22-18-17-20-27-36-44-52-66(8)10-2/h63-69,74H,9-62H2,1-8H3,(H,79,80)(H,81,82)/t65?,66?,67-,68-,69-/m1/s1. The molecule has 0 bridgehead atoms. The number of aliphatic hydroxyl groups excluding tert-OH is 1. The molecule has 0 aromatic heterocycles. The number of aliphatic hydroxyl groups is 1. The molecular formula is C73H142O17P2. The predicted molar refractivity (Wildman–Crippen MR) is 372 cm³/mol. The minimum atomic E-state index is -4.95. The number of carbonyl (C=O) groups is 4. The van der Waals surface area contributed by atoms with E-state index in [1.165, 1.54) is 161 Å². The van der Waals surface area contributed by atoms with Gasteiger partial charge in [-0.05, 0) is 49.4 Å². The molecule has 17 nitrogen and oxygen atoms in total. The number of rotatable bonds is 70. The Morgan fingerprint density at radius 1 is 0.304 bits per heavy atom. The van der Waals surface area contributed by atoms with Crippen LogP contribution in [0.1, 0.15) is 364 Å². The molecule has 546 valence electrons. The highest BCUT2D eigenvalue weighted by Crippen LogP contribution is 2.45. The molecule has 0 aliphatic carbocycles. The van der Waals surface area contributed by atoms with Gasteiger partial charge in [0.15, 0.2) is 12.2 Å². The van der Waals surface area contributed by atoms with Gasteiger partial charge in [0.05, 0.1) is 26.4 Å². The van der Waals surface area contributed by atoms with Crippen molar-refractivity contribution in [3.8, 4) is 0 Å². The van der Waals surface area contributed by atoms with Crippen molar-refractivity contribution in [3.63, 3.8) is 0 Å². The molecule has 0 spiro atoms. The van der Waals surface area contributed by atoms with Crippen molar-refractivity contribution in [2.45, 2.75) is 382 Å². The van der Waals surface area contributed by atoms with Gasteiger partial charge in [-0.1, -0.05) is 312 Å². The Balaban J connectivity index is 5.21. The summed E-state index contributed by atoms with van der Waals surface area (Å²) >= 11 is 0. The number of hydrogen-bond donors (Lipinski definition) is 3. The summed E-state index contributed by atoms with van der Waals surface area (Å²) < 4.78 is 68.4. The number of esters is 4. The first kappa shape index (κ1) is 90.1. The average Bonchev–Trinajstić information content (AvgIpc) is 3.44. The second-order valence-electron chi connectivity index (χ2n) is 27.8. The number of carbonyl (C=O) groups excluding carboxylic acids is 4. The molecule has 3 N–H and O–H groups in total. The number of hydrogen-bond acceptors (Lipinski definition) is 15. The van der Waals surface area contributed by atoms with Crippen LogP contribution in [0, 0.1) is 23.7 Å². The summed E-state index contributed by atoms with van der Waals surface area (Å²) in [5.41, 5.74) is 0. The fourth-order valence-electron chi connectivity index (χ4n) is 11.0. The highest BCUT2D eigenvalue weighted by Gasteiger charge is 2.30. The minimum Gasteiger partial charge on any atom is -0.462 e. The second-order valence-corrected chi connectivity index (χ2v) is 30.7. The molecular weight excluding hydrogens is 1210 g/mol. The van der Waals surface area contributed by atoms with Gasteiger partial charge in [0, 0.05) is 25.7 Å². The fraction of sp³-hybridized carbons (Fsp3) is 0.945. The molecule has 7 atom stereocenters. The molecule has 0 fully saturated rings. The Kier molecular flexibility index (Phi) is 61.3. The van der Waals surface area contributed by atoms with Crippen LogP contribution in [-0.2, 0) is 65.4 Å². The summed E-state index contributed by atoms with van der Waals surface area (Å²) in [6.45, 7) is 14.1. The molecule has 0 amide bonds. The molecule has 0 rings (SSSR count). The van der Waals surface area contributed by atoms with Gasteiger partial charge in [0.1, 0.15) is 19.3 Å². The van der Waals surface area contributed by atoms with E-state index in [4.69, 9.17) is 37.0 Å². The van der Waals surface area contributed by atoms with Crippen molar-refractivity contribution in [1.82, 2.24) is 0 Å². The maximum absolute atomic E-state index is 13.0. The lowest BCUT2D eigenvalue weighted by molar-refractivity contribution is -0.161. The van der Waals surface area contributed by atoms with Crippen LogP contribution in [0.4, 0.5) is 0 Å². The molecule has 0 saturated heterocycles. The zero-order valence-corrected chi connectivity index (χ0v) is 62.0. The van der Waals surface area contributed by atoms with Gasteiger partial charge in [0.25, 0.3) is 0 Å². The van der Waals surface area contributed by atoms with Crippen LogP contribution in [0.3, 0.4) is 0 Å². The lowest BCUT2D eigenvalue weighted by Crippen LogP contribution is -2.30. The first-order chi connectivity index (χ1) is 44.2. The van der Waals surface area contributed by atoms with Crippen LogP contribution in [0.15, 0.2) is 0 Å². The van der Waals surface area contributed by atoms with Crippen molar-refractivity contribution in [2.75, 3.05) is 39.6 Å². The molecule has 0 saturated carbocycles. The number of ether oxygens (including phenoxy) is 4. The van der Waals surface area contributed by atoms with E-state index in [0.29, 0.717) is 31.6 Å². The van der Waals surface area contributed by atoms with Crippen molar-refractivity contribution in [1.29, 1.82) is 0 Å². The fourth-order valence-corrected chi connectivity index (χ4v) is 12.5. The number of phosphoric acid groups is 2. The highest BCUT2D eigenvalue weighted by atomic mass is 31.2. The van der Waals surface area contributed by atoms with Crippen LogP contribution in [0.25, 0.3) is 0 Å². The van der Waals surface area contributed by atoms with E-state index < -0.39 is 97.5 Å². The van der Waals surface area contributed by atoms with E-state index in [0.717, 1.165) is 114 Å². The third kappa shape index (κ3) is 64.1. The van der Waals surface area contributed by atoms with Crippen LogP contribution < -0.4 is 0 Å². The molecule has 92 heavy (non-hydrogen) atoms. The maximum atomic E-state index is 13.0. The molecule has 0 aromatic carbocycles. The normalized spacial score (nSPS) is 14.8. The molecule has 0 radical (unpaired) electrons. The molecule has 0 aliphatic heterocycles. The zero-order chi connectivity index (χ0) is 68.2. The smallest absolute Gasteiger partial charge is 0.462 e. The quantitative estimate of drug-likeness (QED) is 0.0222. The Morgan fingerprint density at radius 2 is 0.522 bits per heavy atom. The Bertz CT molecular complexity index is 1820. The SMILES string of the molecule is CCC(C)CCCCCCCCCCCCCCCCC(=O)OC[C@H](COP(=O)(O)OC[C@@H](O)COP(=O)(O)OC[C@@H](COC(=O)CCCCCCCCC(C)C)OC(=O)CCCCCCCCCCCCC(C)CC)OC(=O)CCCCCCCCCCC(C)C. The molecule has 19 heteroatoms. The average molecular weight is 1350 g/mol. The van der Waals surface area contributed by atoms with Crippen LogP contribution in [0.2, 0.25) is 0 Å². The summed E-state index contributed by atoms with van der Waals surface area (Å²) in [6, 6.07) is 0. The van der Waals surface area contributed by atoms with Gasteiger partial charge < -0.3 is 33.8 Å². The van der Waals surface area contributed by atoms with Crippen molar-refractivity contribution in [3.05, 3.63) is 0 Å². The molecule has 0 heterocycles. The van der Waals surface area contributed by atoms with Gasteiger partial charge in [-0.25, -0.2) is 9.13 Å². The summed E-state index contributed by atoms with van der Waals surface area (Å²) in [5.74, 6) is 0.922. The van der Waals surface area contributed by atoms with E-state index in [1.54, 1.807) is 0 Å². The van der Waals surface area contributed by atoms with Crippen molar-refractivity contribution in [2.24, 2.45) is 23.7 Å². The maximum Gasteiger partial charge on any atom is 0.472 e. The third-order valence-corrected chi connectivity index (χ3v) is 19.4. The monoisotopic (exact) mass is 1350 g/mol. The highest BCUT2D eigenvalue weighted by molar-refractivity contribution is 7.47. The molecule has 0 aliphatic rings. The van der Waals surface area contributed by atoms with Crippen molar-refractivity contribution < 1.29 is 80.2 Å². The summed E-state index contributed by atoms with van der Waals surface area (Å²) in [4.78, 5) is 72.6. The Hall–Kier alpha value is -1.94. The largest absolute Gasteiger partial charge is 0.472 e. The van der Waals surface area contributed by atoms with Crippen LogP contribution >= 0.6 is 15.6 Å². The van der Waals surface area contributed by atoms with E-state index in [-0.39, 0.29) is 25.7 Å². The number of phosphoric ester groups is 2. The van der Waals surface area contributed by atoms with E-state index in [2.05, 4.69) is 55.4 Å². The summed E-state index contributed by atoms with van der Waals surface area (Å²) in [5, 5.41) is 10.6. The third-order valence-electron chi connectivity index (χ3n) is 17.5. The Morgan fingerprint density at radius 3 is 0.772 bits per heavy atom. The van der Waals surface area contributed by atoms with Crippen LogP contribution in [-0.4, -0.2) is 96.7 Å². The van der Waals surface area contributed by atoms with E-state index in [1.807, 2.05) is 0 Å². The van der Waals surface area contributed by atoms with Gasteiger partial charge >= 0.3 is 39.5 Å². The zero-order valence-electron chi connectivity index (χ0n) is 60.2. The van der Waals surface area contributed by atoms with Gasteiger partial charge in [0.2, 0.25) is 0 Å². The second kappa shape index (κ2) is 62.6. The van der Waals surface area contributed by atoms with Gasteiger partial charge in [-0.3, -0.25) is 37.3 Å². The van der Waals surface area contributed by atoms with Gasteiger partial charge in [-0.15, -0.1) is 0 Å². The molecule has 0 aromatic rings. The summed E-state index contributed by atoms with van der Waals surface area (Å²) in [6.07, 6.45) is 45.9. The number of unbranched alkanes of at least 4 members (excludes halogenated alkanes) is 34. The Labute approximate surface area is 562 Å². The van der Waals surface area contributed by atoms with Crippen molar-refractivity contribution >= 4 is 39.5 Å². The first-order valence-electron chi connectivity index (χ1n) is 37.8. The van der Waals surface area contributed by atoms with Crippen LogP contribution in [0.5, 0.6) is 0 Å². The molecule has 4 unspecified atom stereocenters. The predicted octanol–water partition coefficient (Wildman–Crippen LogP) is 20.9. The first-order valence-corrected chi connectivity index (χ1v) is 40.8. The lowest BCUT2D eigenvalue weighted by atomic mass is 9.99. The van der Waals surface area contributed by atoms with Gasteiger partial charge in [-0.2, -0.15) is 0 Å². The van der Waals surface area contributed by atoms with E-state index in [9.17, 15) is 43.2 Å². The minimum absolute atomic E-state index is 0.104. The van der Waals surface area contributed by atoms with E-state index >= 15 is 0 Å². The topological polar surface area (TPSA) is 237 Å². The summed E-state index contributed by atoms with van der Waals surface area (Å²) in [7, 11) is -9.91. The lowest BCUT2D eigenvalue weighted by Gasteiger charge is -2.21.